The van der Waals surface area contributed by atoms with E-state index in [4.69, 9.17) is 16.1 Å². The summed E-state index contributed by atoms with van der Waals surface area (Å²) >= 11 is 6.00. The van der Waals surface area contributed by atoms with Gasteiger partial charge < -0.3 is 4.52 Å². The van der Waals surface area contributed by atoms with Gasteiger partial charge in [0.2, 0.25) is 5.88 Å². The quantitative estimate of drug-likeness (QED) is 0.554. The second-order valence-corrected chi connectivity index (χ2v) is 5.81. The second-order valence-electron chi connectivity index (χ2n) is 5.38. The molecule has 0 saturated heterocycles. The van der Waals surface area contributed by atoms with Crippen molar-refractivity contribution in [3.05, 3.63) is 75.8 Å². The van der Waals surface area contributed by atoms with Gasteiger partial charge in [0.05, 0.1) is 10.9 Å². The van der Waals surface area contributed by atoms with Gasteiger partial charge in [-0.2, -0.15) is 0 Å². The van der Waals surface area contributed by atoms with Crippen molar-refractivity contribution in [3.8, 4) is 17.1 Å². The van der Waals surface area contributed by atoms with E-state index in [0.717, 1.165) is 5.56 Å². The maximum atomic E-state index is 12.8. The normalized spacial score (nSPS) is 11.1. The molecule has 0 aliphatic heterocycles. The van der Waals surface area contributed by atoms with E-state index in [1.165, 1.54) is 4.57 Å². The van der Waals surface area contributed by atoms with Gasteiger partial charge >= 0.3 is 0 Å². The minimum Gasteiger partial charge on any atom is -0.337 e. The average molecular weight is 338 g/mol. The summed E-state index contributed by atoms with van der Waals surface area (Å²) in [6.45, 7) is 1.75. The van der Waals surface area contributed by atoms with Crippen LogP contribution in [0.5, 0.6) is 0 Å². The predicted molar refractivity (Wildman–Crippen MR) is 92.6 cm³/mol. The SMILES string of the molecule is Cc1nc2ccc(Cl)cc2c(=O)n1-c1cc(-c2ccccc2)no1. The van der Waals surface area contributed by atoms with E-state index in [1.807, 2.05) is 30.3 Å². The Kier molecular flexibility index (Phi) is 3.43. The molecule has 0 aliphatic rings. The van der Waals surface area contributed by atoms with Crippen LogP contribution in [0.25, 0.3) is 28.0 Å². The molecule has 4 aromatic rings. The first-order valence-corrected chi connectivity index (χ1v) is 7.73. The molecule has 0 bridgehead atoms. The molecule has 2 aromatic heterocycles. The Bertz CT molecular complexity index is 1100. The molecule has 0 N–H and O–H groups in total. The first-order valence-electron chi connectivity index (χ1n) is 7.35. The lowest BCUT2D eigenvalue weighted by Gasteiger charge is -2.07. The Balaban J connectivity index is 1.91. The smallest absolute Gasteiger partial charge is 0.268 e. The Hall–Kier alpha value is -2.92. The van der Waals surface area contributed by atoms with Crippen LogP contribution in [0.1, 0.15) is 5.82 Å². The molecular formula is C18H12ClN3O2. The molecule has 0 unspecified atom stereocenters. The first kappa shape index (κ1) is 14.7. The monoisotopic (exact) mass is 337 g/mol. The molecule has 6 heteroatoms. The molecule has 0 spiro atoms. The number of nitrogens with zero attached hydrogens (tertiary/aromatic N) is 3. The number of hydrogen-bond acceptors (Lipinski definition) is 4. The topological polar surface area (TPSA) is 60.9 Å². The lowest BCUT2D eigenvalue weighted by molar-refractivity contribution is 0.404. The molecule has 2 heterocycles. The summed E-state index contributed by atoms with van der Waals surface area (Å²) in [5, 5.41) is 4.98. The highest BCUT2D eigenvalue weighted by Crippen LogP contribution is 2.22. The molecule has 0 saturated carbocycles. The zero-order valence-corrected chi connectivity index (χ0v) is 13.5. The van der Waals surface area contributed by atoms with Crippen LogP contribution in [-0.2, 0) is 0 Å². The fraction of sp³-hybridized carbons (Fsp3) is 0.0556. The van der Waals surface area contributed by atoms with Crippen molar-refractivity contribution < 1.29 is 4.52 Å². The van der Waals surface area contributed by atoms with Crippen LogP contribution < -0.4 is 5.56 Å². The van der Waals surface area contributed by atoms with E-state index in [2.05, 4.69) is 10.1 Å². The Morgan fingerprint density at radius 3 is 2.67 bits per heavy atom. The lowest BCUT2D eigenvalue weighted by atomic mass is 10.1. The van der Waals surface area contributed by atoms with Crippen LogP contribution in [0.4, 0.5) is 0 Å². The van der Waals surface area contributed by atoms with E-state index in [1.54, 1.807) is 31.2 Å². The number of hydrogen-bond donors (Lipinski definition) is 0. The molecule has 0 atom stereocenters. The molecule has 0 fully saturated rings. The third-order valence-electron chi connectivity index (χ3n) is 3.79. The zero-order valence-electron chi connectivity index (χ0n) is 12.7. The van der Waals surface area contributed by atoms with Crippen LogP contribution in [0, 0.1) is 6.92 Å². The van der Waals surface area contributed by atoms with Gasteiger partial charge in [0.15, 0.2) is 0 Å². The largest absolute Gasteiger partial charge is 0.337 e. The van der Waals surface area contributed by atoms with Gasteiger partial charge in [-0.25, -0.2) is 9.55 Å². The highest BCUT2D eigenvalue weighted by molar-refractivity contribution is 6.31. The summed E-state index contributed by atoms with van der Waals surface area (Å²) in [7, 11) is 0. The number of aromatic nitrogens is 3. The van der Waals surface area contributed by atoms with Crippen LogP contribution in [-0.4, -0.2) is 14.7 Å². The van der Waals surface area contributed by atoms with Crippen molar-refractivity contribution in [3.63, 3.8) is 0 Å². The van der Waals surface area contributed by atoms with Crippen molar-refractivity contribution in [2.24, 2.45) is 0 Å². The Morgan fingerprint density at radius 2 is 1.88 bits per heavy atom. The number of fused-ring (bicyclic) bond motifs is 1. The Labute approximate surface area is 142 Å². The molecule has 118 valence electrons. The van der Waals surface area contributed by atoms with Gasteiger partial charge in [-0.3, -0.25) is 4.79 Å². The van der Waals surface area contributed by atoms with Crippen molar-refractivity contribution in [1.29, 1.82) is 0 Å². The fourth-order valence-electron chi connectivity index (χ4n) is 2.64. The Morgan fingerprint density at radius 1 is 1.08 bits per heavy atom. The fourth-order valence-corrected chi connectivity index (χ4v) is 2.82. The van der Waals surface area contributed by atoms with Gasteiger partial charge in [-0.1, -0.05) is 47.1 Å². The third-order valence-corrected chi connectivity index (χ3v) is 4.02. The number of benzene rings is 2. The molecule has 24 heavy (non-hydrogen) atoms. The van der Waals surface area contributed by atoms with Crippen LogP contribution in [0.15, 0.2) is 63.9 Å². The molecule has 4 rings (SSSR count). The second kappa shape index (κ2) is 5.62. The van der Waals surface area contributed by atoms with E-state index in [9.17, 15) is 4.79 Å². The average Bonchev–Trinajstić information content (AvgIpc) is 3.06. The first-order chi connectivity index (χ1) is 11.6. The van der Waals surface area contributed by atoms with E-state index in [-0.39, 0.29) is 5.56 Å². The summed E-state index contributed by atoms with van der Waals surface area (Å²) in [5.74, 6) is 0.844. The van der Waals surface area contributed by atoms with Gasteiger partial charge in [0.25, 0.3) is 5.56 Å². The zero-order chi connectivity index (χ0) is 16.7. The number of rotatable bonds is 2. The van der Waals surface area contributed by atoms with Crippen molar-refractivity contribution >= 4 is 22.5 Å². The predicted octanol–water partition coefficient (Wildman–Crippen LogP) is 4.00. The van der Waals surface area contributed by atoms with Crippen molar-refractivity contribution in [2.75, 3.05) is 0 Å². The van der Waals surface area contributed by atoms with Crippen LogP contribution in [0.3, 0.4) is 0 Å². The van der Waals surface area contributed by atoms with Crippen molar-refractivity contribution in [1.82, 2.24) is 14.7 Å². The standard InChI is InChI=1S/C18H12ClN3O2/c1-11-20-15-8-7-13(19)9-14(15)18(23)22(11)17-10-16(21-24-17)12-5-3-2-4-6-12/h2-10H,1H3. The maximum absolute atomic E-state index is 12.8. The number of aryl methyl sites for hydroxylation is 1. The molecule has 0 amide bonds. The maximum Gasteiger partial charge on any atom is 0.268 e. The molecule has 5 nitrogen and oxygen atoms in total. The minimum atomic E-state index is -0.240. The number of halogens is 1. The summed E-state index contributed by atoms with van der Waals surface area (Å²) in [6.07, 6.45) is 0. The highest BCUT2D eigenvalue weighted by Gasteiger charge is 2.15. The summed E-state index contributed by atoms with van der Waals surface area (Å²) < 4.78 is 6.79. The lowest BCUT2D eigenvalue weighted by Crippen LogP contribution is -2.21. The summed E-state index contributed by atoms with van der Waals surface area (Å²) in [4.78, 5) is 17.3. The van der Waals surface area contributed by atoms with Gasteiger partial charge in [-0.05, 0) is 25.1 Å². The van der Waals surface area contributed by atoms with Crippen LogP contribution >= 0.6 is 11.6 Å². The summed E-state index contributed by atoms with van der Waals surface area (Å²) in [6, 6.07) is 16.4. The molecule has 2 aromatic carbocycles. The molecule has 0 radical (unpaired) electrons. The molecular weight excluding hydrogens is 326 g/mol. The third kappa shape index (κ3) is 2.39. The highest BCUT2D eigenvalue weighted by atomic mass is 35.5. The van der Waals surface area contributed by atoms with Gasteiger partial charge in [-0.15, -0.1) is 0 Å². The van der Waals surface area contributed by atoms with E-state index < -0.39 is 0 Å². The van der Waals surface area contributed by atoms with E-state index in [0.29, 0.717) is 33.3 Å². The van der Waals surface area contributed by atoms with Gasteiger partial charge in [0.1, 0.15) is 11.5 Å². The summed E-state index contributed by atoms with van der Waals surface area (Å²) in [5.41, 5.74) is 1.93. The molecule has 0 aliphatic carbocycles. The van der Waals surface area contributed by atoms with Crippen molar-refractivity contribution in [2.45, 2.75) is 6.92 Å². The van der Waals surface area contributed by atoms with Crippen LogP contribution in [0.2, 0.25) is 5.02 Å². The van der Waals surface area contributed by atoms with Gasteiger partial charge in [0, 0.05) is 16.7 Å². The van der Waals surface area contributed by atoms with E-state index >= 15 is 0 Å². The minimum absolute atomic E-state index is 0.240.